The van der Waals surface area contributed by atoms with Crippen LogP contribution in [0.25, 0.3) is 11.0 Å². The standard InChI is InChI=1S/C30H39N7O3/c1-29(2,3)15-21(16-31)27(39)36-13-7-8-22(36)18-37-24-10-9-20(17-32-19-30(4,5)6)14-23(24)34-28(37)35-26(38)25-11-12-33-40-25/h9-12,14-15,22,32H,7-8,13,17-19H2,1-6H3,(H,34,35,38)/b21-15+/t22-/m1/s1. The number of nitrogens with one attached hydrogen (secondary N) is 2. The van der Waals surface area contributed by atoms with Gasteiger partial charge in [0.15, 0.2) is 0 Å². The number of hydrogen-bond donors (Lipinski definition) is 2. The number of carbonyl (C=O) groups is 2. The molecule has 1 fully saturated rings. The first-order chi connectivity index (χ1) is 18.8. The van der Waals surface area contributed by atoms with Crippen molar-refractivity contribution in [1.29, 1.82) is 5.26 Å². The summed E-state index contributed by atoms with van der Waals surface area (Å²) in [6, 6.07) is 9.50. The minimum Gasteiger partial charge on any atom is -0.351 e. The molecule has 0 aliphatic carbocycles. The van der Waals surface area contributed by atoms with Crippen LogP contribution in [0.4, 0.5) is 5.95 Å². The molecule has 3 heterocycles. The molecule has 2 N–H and O–H groups in total. The Bertz CT molecular complexity index is 1430. The fraction of sp³-hybridized carbons (Fsp3) is 0.500. The van der Waals surface area contributed by atoms with E-state index in [2.05, 4.69) is 48.7 Å². The lowest BCUT2D eigenvalue weighted by molar-refractivity contribution is -0.127. The lowest BCUT2D eigenvalue weighted by Crippen LogP contribution is -2.39. The zero-order valence-electron chi connectivity index (χ0n) is 24.2. The summed E-state index contributed by atoms with van der Waals surface area (Å²) in [6.07, 6.45) is 4.76. The highest BCUT2D eigenvalue weighted by Crippen LogP contribution is 2.28. The Morgan fingerprint density at radius 3 is 2.62 bits per heavy atom. The van der Waals surface area contributed by atoms with Gasteiger partial charge < -0.3 is 19.3 Å². The zero-order valence-corrected chi connectivity index (χ0v) is 24.2. The smallest absolute Gasteiger partial charge is 0.296 e. The molecule has 212 valence electrons. The molecule has 4 rings (SSSR count). The number of carbonyl (C=O) groups excluding carboxylic acids is 2. The average molecular weight is 546 g/mol. The van der Waals surface area contributed by atoms with Crippen molar-refractivity contribution < 1.29 is 14.1 Å². The van der Waals surface area contributed by atoms with Gasteiger partial charge in [0.2, 0.25) is 11.7 Å². The summed E-state index contributed by atoms with van der Waals surface area (Å²) >= 11 is 0. The normalized spacial score (nSPS) is 16.4. The van der Waals surface area contributed by atoms with Crippen LogP contribution < -0.4 is 10.6 Å². The molecule has 2 amide bonds. The van der Waals surface area contributed by atoms with Gasteiger partial charge in [0.05, 0.1) is 23.3 Å². The monoisotopic (exact) mass is 545 g/mol. The molecule has 1 aliphatic rings. The van der Waals surface area contributed by atoms with Crippen LogP contribution >= 0.6 is 0 Å². The molecule has 1 atom stereocenters. The number of rotatable bonds is 8. The molecule has 0 spiro atoms. The Morgan fingerprint density at radius 1 is 1.20 bits per heavy atom. The van der Waals surface area contributed by atoms with Gasteiger partial charge in [-0.15, -0.1) is 0 Å². The maximum Gasteiger partial charge on any atom is 0.296 e. The van der Waals surface area contributed by atoms with E-state index >= 15 is 0 Å². The first-order valence-corrected chi connectivity index (χ1v) is 13.7. The van der Waals surface area contributed by atoms with Crippen molar-refractivity contribution in [1.82, 2.24) is 24.9 Å². The zero-order chi connectivity index (χ0) is 29.1. The van der Waals surface area contributed by atoms with Crippen molar-refractivity contribution in [2.45, 2.75) is 73.5 Å². The van der Waals surface area contributed by atoms with Crippen LogP contribution in [0.3, 0.4) is 0 Å². The third-order valence-corrected chi connectivity index (χ3v) is 6.64. The summed E-state index contributed by atoms with van der Waals surface area (Å²) in [7, 11) is 0. The van der Waals surface area contributed by atoms with Gasteiger partial charge in [-0.3, -0.25) is 14.9 Å². The van der Waals surface area contributed by atoms with E-state index in [1.807, 2.05) is 37.5 Å². The summed E-state index contributed by atoms with van der Waals surface area (Å²) in [6.45, 7) is 15.0. The third kappa shape index (κ3) is 7.16. The minimum atomic E-state index is -0.458. The second kappa shape index (κ2) is 11.6. The summed E-state index contributed by atoms with van der Waals surface area (Å²) in [5.74, 6) is -0.278. The predicted molar refractivity (Wildman–Crippen MR) is 153 cm³/mol. The largest absolute Gasteiger partial charge is 0.351 e. The average Bonchev–Trinajstić information content (AvgIpc) is 3.62. The topological polar surface area (TPSA) is 129 Å². The molecule has 1 saturated heterocycles. The van der Waals surface area contributed by atoms with E-state index in [4.69, 9.17) is 9.51 Å². The number of allylic oxidation sites excluding steroid dienone is 1. The van der Waals surface area contributed by atoms with Crippen molar-refractivity contribution in [2.24, 2.45) is 10.8 Å². The molecule has 1 aliphatic heterocycles. The summed E-state index contributed by atoms with van der Waals surface area (Å²) in [4.78, 5) is 32.8. The molecule has 0 saturated carbocycles. The number of amides is 2. The molecular weight excluding hydrogens is 506 g/mol. The van der Waals surface area contributed by atoms with Crippen LogP contribution in [0.2, 0.25) is 0 Å². The number of hydrogen-bond acceptors (Lipinski definition) is 7. The molecule has 3 aromatic rings. The van der Waals surface area contributed by atoms with Gasteiger partial charge in [-0.1, -0.05) is 58.8 Å². The van der Waals surface area contributed by atoms with Crippen molar-refractivity contribution in [3.05, 3.63) is 53.4 Å². The summed E-state index contributed by atoms with van der Waals surface area (Å²) < 4.78 is 6.97. The first kappa shape index (κ1) is 29.0. The van der Waals surface area contributed by atoms with Gasteiger partial charge in [-0.25, -0.2) is 4.98 Å². The number of nitrogens with zero attached hydrogens (tertiary/aromatic N) is 5. The van der Waals surface area contributed by atoms with Crippen LogP contribution in [-0.4, -0.2) is 50.6 Å². The Labute approximate surface area is 235 Å². The van der Waals surface area contributed by atoms with Crippen LogP contribution in [0.5, 0.6) is 0 Å². The Morgan fingerprint density at radius 2 is 1.98 bits per heavy atom. The van der Waals surface area contributed by atoms with E-state index in [1.54, 1.807) is 11.0 Å². The fourth-order valence-corrected chi connectivity index (χ4v) is 4.88. The van der Waals surface area contributed by atoms with E-state index in [1.165, 1.54) is 12.3 Å². The van der Waals surface area contributed by atoms with E-state index < -0.39 is 5.91 Å². The SMILES string of the molecule is CC(C)(C)/C=C(\C#N)C(=O)N1CCC[C@@H]1Cn1c(NC(=O)c2ccno2)nc2cc(CNCC(C)(C)C)ccc21. The number of fused-ring (bicyclic) bond motifs is 1. The predicted octanol–water partition coefficient (Wildman–Crippen LogP) is 4.90. The number of likely N-dealkylation sites (tertiary alicyclic amines) is 1. The van der Waals surface area contributed by atoms with Crippen molar-refractivity contribution in [3.63, 3.8) is 0 Å². The molecule has 0 unspecified atom stereocenters. The van der Waals surface area contributed by atoms with Gasteiger partial charge in [0.1, 0.15) is 11.6 Å². The molecule has 40 heavy (non-hydrogen) atoms. The van der Waals surface area contributed by atoms with Crippen molar-refractivity contribution >= 4 is 28.8 Å². The van der Waals surface area contributed by atoms with E-state index in [0.717, 1.165) is 36.0 Å². The third-order valence-electron chi connectivity index (χ3n) is 6.64. The van der Waals surface area contributed by atoms with Gasteiger partial charge in [-0.05, 0) is 41.4 Å². The number of aromatic nitrogens is 3. The lowest BCUT2D eigenvalue weighted by atomic mass is 9.93. The molecule has 0 radical (unpaired) electrons. The van der Waals surface area contributed by atoms with Crippen LogP contribution in [0.15, 0.2) is 46.6 Å². The highest BCUT2D eigenvalue weighted by Gasteiger charge is 2.32. The molecule has 10 nitrogen and oxygen atoms in total. The van der Waals surface area contributed by atoms with Crippen LogP contribution in [-0.2, 0) is 17.9 Å². The molecular formula is C30H39N7O3. The van der Waals surface area contributed by atoms with Gasteiger partial charge in [0, 0.05) is 32.2 Å². The minimum absolute atomic E-state index is 0.0781. The fourth-order valence-electron chi connectivity index (χ4n) is 4.88. The van der Waals surface area contributed by atoms with Crippen LogP contribution in [0, 0.1) is 22.2 Å². The van der Waals surface area contributed by atoms with Gasteiger partial charge in [0.25, 0.3) is 11.8 Å². The highest BCUT2D eigenvalue weighted by atomic mass is 16.5. The van der Waals surface area contributed by atoms with E-state index in [9.17, 15) is 14.9 Å². The summed E-state index contributed by atoms with van der Waals surface area (Å²) in [5.41, 5.74) is 2.69. The number of anilines is 1. The van der Waals surface area contributed by atoms with E-state index in [-0.39, 0.29) is 34.1 Å². The second-order valence-electron chi connectivity index (χ2n) is 12.7. The Hall–Kier alpha value is -3.97. The maximum absolute atomic E-state index is 13.4. The van der Waals surface area contributed by atoms with Crippen molar-refractivity contribution in [3.8, 4) is 6.07 Å². The number of benzene rings is 1. The first-order valence-electron chi connectivity index (χ1n) is 13.7. The molecule has 2 aromatic heterocycles. The number of nitriles is 1. The highest BCUT2D eigenvalue weighted by molar-refractivity contribution is 6.02. The van der Waals surface area contributed by atoms with Crippen LogP contribution in [0.1, 0.15) is 70.5 Å². The maximum atomic E-state index is 13.4. The number of imidazole rings is 1. The Balaban J connectivity index is 1.64. The molecule has 1 aromatic carbocycles. The second-order valence-corrected chi connectivity index (χ2v) is 12.7. The quantitative estimate of drug-likeness (QED) is 0.304. The molecule has 10 heteroatoms. The van der Waals surface area contributed by atoms with E-state index in [0.29, 0.717) is 25.6 Å². The Kier molecular flexibility index (Phi) is 8.45. The lowest BCUT2D eigenvalue weighted by Gasteiger charge is -2.26. The molecule has 0 bridgehead atoms. The van der Waals surface area contributed by atoms with Gasteiger partial charge in [-0.2, -0.15) is 5.26 Å². The summed E-state index contributed by atoms with van der Waals surface area (Å²) in [5, 5.41) is 19.7. The van der Waals surface area contributed by atoms with Gasteiger partial charge >= 0.3 is 0 Å². The van der Waals surface area contributed by atoms with Crippen molar-refractivity contribution in [2.75, 3.05) is 18.4 Å².